The summed E-state index contributed by atoms with van der Waals surface area (Å²) in [6, 6.07) is 10.7. The second kappa shape index (κ2) is 6.38. The predicted molar refractivity (Wildman–Crippen MR) is 105 cm³/mol. The number of nitrogens with zero attached hydrogens (tertiary/aromatic N) is 1. The highest BCUT2D eigenvalue weighted by Gasteiger charge is 2.59. The lowest BCUT2D eigenvalue weighted by Gasteiger charge is -2.59. The molecule has 136 valence electrons. The number of halogens is 1. The molecule has 0 saturated heterocycles. The van der Waals surface area contributed by atoms with Gasteiger partial charge in [0.05, 0.1) is 11.5 Å². The van der Waals surface area contributed by atoms with Crippen molar-refractivity contribution in [2.45, 2.75) is 48.9 Å². The third kappa shape index (κ3) is 3.28. The summed E-state index contributed by atoms with van der Waals surface area (Å²) in [6.07, 6.45) is 7.09. The van der Waals surface area contributed by atoms with Gasteiger partial charge in [-0.05, 0) is 70.0 Å². The SMILES string of the molecule is CN(C)[C@H](CNC(=O)C12C[C@@H]3C[C@@H](CC(Br)(C3)C1)C2)c1ccccc1. The van der Waals surface area contributed by atoms with Gasteiger partial charge in [0.25, 0.3) is 0 Å². The Morgan fingerprint density at radius 1 is 1.20 bits per heavy atom. The van der Waals surface area contributed by atoms with E-state index < -0.39 is 0 Å². The third-order valence-electron chi connectivity index (χ3n) is 6.74. The second-order valence-corrected chi connectivity index (χ2v) is 10.7. The highest BCUT2D eigenvalue weighted by Crippen LogP contribution is 2.64. The molecule has 0 spiro atoms. The highest BCUT2D eigenvalue weighted by molar-refractivity contribution is 9.10. The van der Waals surface area contributed by atoms with Crippen molar-refractivity contribution >= 4 is 21.8 Å². The van der Waals surface area contributed by atoms with Crippen LogP contribution in [0.3, 0.4) is 0 Å². The van der Waals surface area contributed by atoms with Crippen molar-refractivity contribution in [1.29, 1.82) is 0 Å². The number of benzene rings is 1. The molecule has 25 heavy (non-hydrogen) atoms. The molecule has 4 fully saturated rings. The number of nitrogens with one attached hydrogen (secondary N) is 1. The Kier molecular flexibility index (Phi) is 4.48. The Labute approximate surface area is 159 Å². The largest absolute Gasteiger partial charge is 0.354 e. The van der Waals surface area contributed by atoms with Crippen LogP contribution in [0.2, 0.25) is 0 Å². The number of amides is 1. The van der Waals surface area contributed by atoms with E-state index in [1.807, 2.05) is 6.07 Å². The van der Waals surface area contributed by atoms with Gasteiger partial charge in [-0.3, -0.25) is 4.79 Å². The lowest BCUT2D eigenvalue weighted by Crippen LogP contribution is -2.58. The Balaban J connectivity index is 1.47. The van der Waals surface area contributed by atoms with Gasteiger partial charge in [0, 0.05) is 10.9 Å². The molecule has 0 heterocycles. The molecular formula is C21H29BrN2O. The van der Waals surface area contributed by atoms with E-state index in [0.717, 1.165) is 31.1 Å². The monoisotopic (exact) mass is 404 g/mol. The lowest BCUT2D eigenvalue weighted by atomic mass is 9.49. The summed E-state index contributed by atoms with van der Waals surface area (Å²) >= 11 is 4.01. The first-order valence-corrected chi connectivity index (χ1v) is 10.4. The van der Waals surface area contributed by atoms with Crippen LogP contribution in [0.5, 0.6) is 0 Å². The summed E-state index contributed by atoms with van der Waals surface area (Å²) in [4.78, 5) is 15.4. The van der Waals surface area contributed by atoms with Crippen LogP contribution in [0.15, 0.2) is 30.3 Å². The minimum Gasteiger partial charge on any atom is -0.354 e. The van der Waals surface area contributed by atoms with Crippen LogP contribution in [-0.4, -0.2) is 35.8 Å². The molecule has 0 aliphatic heterocycles. The predicted octanol–water partition coefficient (Wildman–Crippen LogP) is 4.14. The molecule has 1 aromatic carbocycles. The van der Waals surface area contributed by atoms with Crippen molar-refractivity contribution in [3.8, 4) is 0 Å². The van der Waals surface area contributed by atoms with E-state index in [1.165, 1.54) is 24.8 Å². The second-order valence-electron chi connectivity index (χ2n) is 8.99. The average Bonchev–Trinajstić information content (AvgIpc) is 2.53. The smallest absolute Gasteiger partial charge is 0.226 e. The number of rotatable bonds is 5. The highest BCUT2D eigenvalue weighted by atomic mass is 79.9. The van der Waals surface area contributed by atoms with Crippen LogP contribution in [0.4, 0.5) is 0 Å². The number of alkyl halides is 1. The summed E-state index contributed by atoms with van der Waals surface area (Å²) in [6.45, 7) is 0.683. The molecule has 0 aromatic heterocycles. The van der Waals surface area contributed by atoms with Gasteiger partial charge in [-0.1, -0.05) is 46.3 Å². The van der Waals surface area contributed by atoms with Gasteiger partial charge in [0.1, 0.15) is 0 Å². The number of hydrogen-bond donors (Lipinski definition) is 1. The van der Waals surface area contributed by atoms with Crippen LogP contribution < -0.4 is 5.32 Å². The fourth-order valence-corrected chi connectivity index (χ4v) is 7.52. The maximum Gasteiger partial charge on any atom is 0.226 e. The molecule has 4 aliphatic rings. The van der Waals surface area contributed by atoms with E-state index in [0.29, 0.717) is 12.5 Å². The number of carbonyl (C=O) groups is 1. The topological polar surface area (TPSA) is 32.3 Å². The maximum atomic E-state index is 13.2. The first-order chi connectivity index (χ1) is 11.9. The van der Waals surface area contributed by atoms with E-state index in [9.17, 15) is 4.79 Å². The van der Waals surface area contributed by atoms with Gasteiger partial charge < -0.3 is 10.2 Å². The summed E-state index contributed by atoms with van der Waals surface area (Å²) in [5, 5.41) is 3.34. The van der Waals surface area contributed by atoms with Crippen LogP contribution in [-0.2, 0) is 4.79 Å². The van der Waals surface area contributed by atoms with Crippen LogP contribution in [0.25, 0.3) is 0 Å². The molecule has 2 unspecified atom stereocenters. The molecule has 1 amide bonds. The molecule has 1 N–H and O–H groups in total. The maximum absolute atomic E-state index is 13.2. The summed E-state index contributed by atoms with van der Waals surface area (Å²) < 4.78 is 0.231. The van der Waals surface area contributed by atoms with Crippen molar-refractivity contribution in [2.24, 2.45) is 17.3 Å². The van der Waals surface area contributed by atoms with Crippen LogP contribution >= 0.6 is 15.9 Å². The number of hydrogen-bond acceptors (Lipinski definition) is 2. The number of likely N-dealkylation sites (N-methyl/N-ethyl adjacent to an activating group) is 1. The van der Waals surface area contributed by atoms with E-state index >= 15 is 0 Å². The summed E-state index contributed by atoms with van der Waals surface area (Å²) in [5.41, 5.74) is 1.14. The molecule has 0 radical (unpaired) electrons. The van der Waals surface area contributed by atoms with E-state index in [1.54, 1.807) is 0 Å². The zero-order valence-electron chi connectivity index (χ0n) is 15.3. The summed E-state index contributed by atoms with van der Waals surface area (Å²) in [7, 11) is 4.17. The average molecular weight is 405 g/mol. The van der Waals surface area contributed by atoms with Gasteiger partial charge in [0.15, 0.2) is 0 Å². The zero-order valence-corrected chi connectivity index (χ0v) is 16.9. The van der Waals surface area contributed by atoms with Crippen LogP contribution in [0, 0.1) is 17.3 Å². The Morgan fingerprint density at radius 3 is 2.40 bits per heavy atom. The van der Waals surface area contributed by atoms with Crippen LogP contribution in [0.1, 0.15) is 50.1 Å². The minimum absolute atomic E-state index is 0.124. The first-order valence-electron chi connectivity index (χ1n) is 9.58. The van der Waals surface area contributed by atoms with Gasteiger partial charge in [0.2, 0.25) is 5.91 Å². The molecular weight excluding hydrogens is 376 g/mol. The van der Waals surface area contributed by atoms with Gasteiger partial charge >= 0.3 is 0 Å². The van der Waals surface area contributed by atoms with Crippen molar-refractivity contribution in [3.05, 3.63) is 35.9 Å². The quantitative estimate of drug-likeness (QED) is 0.747. The molecule has 5 rings (SSSR count). The summed E-state index contributed by atoms with van der Waals surface area (Å²) in [5.74, 6) is 1.78. The normalized spacial score (nSPS) is 37.3. The fraction of sp³-hybridized carbons (Fsp3) is 0.667. The van der Waals surface area contributed by atoms with Crippen molar-refractivity contribution in [3.63, 3.8) is 0 Å². The first kappa shape index (κ1) is 17.5. The lowest BCUT2D eigenvalue weighted by molar-refractivity contribution is -0.144. The number of carbonyl (C=O) groups excluding carboxylic acids is 1. The van der Waals surface area contributed by atoms with Gasteiger partial charge in [-0.15, -0.1) is 0 Å². The van der Waals surface area contributed by atoms with Crippen molar-refractivity contribution < 1.29 is 4.79 Å². The van der Waals surface area contributed by atoms with Crippen molar-refractivity contribution in [1.82, 2.24) is 10.2 Å². The molecule has 4 saturated carbocycles. The molecule has 4 aliphatic carbocycles. The fourth-order valence-electron chi connectivity index (χ4n) is 6.07. The Morgan fingerprint density at radius 2 is 1.84 bits per heavy atom. The van der Waals surface area contributed by atoms with E-state index in [-0.39, 0.29) is 15.8 Å². The standard InChI is InChI=1S/C21H29BrN2O/c1-24(2)18(17-6-4-3-5-7-17)13-23-19(25)20-9-15-8-16(10-20)12-21(22,11-15)14-20/h3-7,15-16,18H,8-14H2,1-2H3,(H,23,25)/t15-,16+,18-,20?,21?/m1/s1. The minimum atomic E-state index is -0.124. The van der Waals surface area contributed by atoms with Crippen molar-refractivity contribution in [2.75, 3.05) is 20.6 Å². The Bertz CT molecular complexity index is 631. The van der Waals surface area contributed by atoms with Gasteiger partial charge in [-0.2, -0.15) is 0 Å². The molecule has 1 aromatic rings. The van der Waals surface area contributed by atoms with Gasteiger partial charge in [-0.25, -0.2) is 0 Å². The molecule has 5 atom stereocenters. The molecule has 4 heteroatoms. The third-order valence-corrected chi connectivity index (χ3v) is 7.66. The molecule has 3 nitrogen and oxygen atoms in total. The van der Waals surface area contributed by atoms with E-state index in [4.69, 9.17) is 0 Å². The zero-order chi connectivity index (χ0) is 17.7. The van der Waals surface area contributed by atoms with E-state index in [2.05, 4.69) is 64.5 Å². The Hall–Kier alpha value is -0.870. The molecule has 4 bridgehead atoms.